The Morgan fingerprint density at radius 1 is 1.33 bits per heavy atom. The number of benzene rings is 1. The van der Waals surface area contributed by atoms with E-state index in [4.69, 9.17) is 0 Å². The van der Waals surface area contributed by atoms with Crippen molar-refractivity contribution in [3.8, 4) is 0 Å². The summed E-state index contributed by atoms with van der Waals surface area (Å²) in [6.07, 6.45) is 2.34. The van der Waals surface area contributed by atoms with E-state index >= 15 is 0 Å². The number of carbonyl (C=O) groups excluding carboxylic acids is 3. The molecule has 1 atom stereocenters. The summed E-state index contributed by atoms with van der Waals surface area (Å²) >= 11 is 3.04. The van der Waals surface area contributed by atoms with Gasteiger partial charge in [0, 0.05) is 5.75 Å². The van der Waals surface area contributed by atoms with Crippen molar-refractivity contribution in [3.63, 3.8) is 0 Å². The van der Waals surface area contributed by atoms with E-state index in [1.165, 1.54) is 11.8 Å². The second-order valence-electron chi connectivity index (χ2n) is 5.35. The molecule has 8 heteroatoms. The topological polar surface area (TPSA) is 78.8 Å². The van der Waals surface area contributed by atoms with Gasteiger partial charge in [-0.3, -0.25) is 24.3 Å². The smallest absolute Gasteiger partial charge is 0.262 e. The molecule has 3 amide bonds. The molecule has 0 spiro atoms. The second kappa shape index (κ2) is 7.40. The number of aliphatic imine (C=N–C) groups is 1. The summed E-state index contributed by atoms with van der Waals surface area (Å²) in [5.74, 6) is 0.339. The molecular weight excluding hydrogens is 346 g/mol. The number of thioether (sulfide) groups is 2. The highest BCUT2D eigenvalue weighted by Gasteiger charge is 2.42. The summed E-state index contributed by atoms with van der Waals surface area (Å²) in [6.45, 7) is 0.669. The molecule has 2 aliphatic rings. The lowest BCUT2D eigenvalue weighted by Gasteiger charge is -2.25. The van der Waals surface area contributed by atoms with Crippen LogP contribution in [0.2, 0.25) is 0 Å². The monoisotopic (exact) mass is 363 g/mol. The quantitative estimate of drug-likeness (QED) is 0.805. The first kappa shape index (κ1) is 17.0. The Morgan fingerprint density at radius 3 is 2.54 bits per heavy atom. The van der Waals surface area contributed by atoms with Gasteiger partial charge in [0.15, 0.2) is 5.17 Å². The van der Waals surface area contributed by atoms with E-state index in [2.05, 4.69) is 10.3 Å². The maximum absolute atomic E-state index is 12.7. The third kappa shape index (κ3) is 3.21. The average molecular weight is 363 g/mol. The van der Waals surface area contributed by atoms with Crippen molar-refractivity contribution in [3.05, 3.63) is 35.4 Å². The zero-order chi connectivity index (χ0) is 17.1. The van der Waals surface area contributed by atoms with Crippen LogP contribution in [0, 0.1) is 0 Å². The lowest BCUT2D eigenvalue weighted by atomic mass is 10.1. The van der Waals surface area contributed by atoms with Gasteiger partial charge in [0.1, 0.15) is 6.04 Å². The molecule has 2 aliphatic heterocycles. The van der Waals surface area contributed by atoms with Crippen LogP contribution in [0.15, 0.2) is 29.3 Å². The lowest BCUT2D eigenvalue weighted by molar-refractivity contribution is -0.123. The third-order valence-corrected chi connectivity index (χ3v) is 5.39. The molecule has 0 saturated heterocycles. The van der Waals surface area contributed by atoms with E-state index in [9.17, 15) is 14.4 Å². The number of carbonyl (C=O) groups is 3. The number of rotatable bonds is 5. The zero-order valence-electron chi connectivity index (χ0n) is 13.2. The van der Waals surface area contributed by atoms with Crippen LogP contribution in [0.25, 0.3) is 0 Å². The molecule has 0 aliphatic carbocycles. The Labute approximate surface area is 148 Å². The Hall–Kier alpha value is -1.80. The van der Waals surface area contributed by atoms with Crippen LogP contribution in [0.5, 0.6) is 0 Å². The molecule has 0 saturated carbocycles. The summed E-state index contributed by atoms with van der Waals surface area (Å²) in [4.78, 5) is 43.2. The van der Waals surface area contributed by atoms with Crippen LogP contribution in [0.1, 0.15) is 27.1 Å². The Bertz CT molecular complexity index is 685. The lowest BCUT2D eigenvalue weighted by Crippen LogP contribution is -2.50. The summed E-state index contributed by atoms with van der Waals surface area (Å²) in [5, 5.41) is 3.31. The minimum atomic E-state index is -0.825. The predicted molar refractivity (Wildman–Crippen MR) is 96.6 cm³/mol. The van der Waals surface area contributed by atoms with E-state index < -0.39 is 17.9 Å². The van der Waals surface area contributed by atoms with Crippen LogP contribution in [-0.2, 0) is 4.79 Å². The molecule has 3 rings (SSSR count). The first-order valence-corrected chi connectivity index (χ1v) is 9.95. The molecule has 0 bridgehead atoms. The number of fused-ring (bicyclic) bond motifs is 1. The third-order valence-electron chi connectivity index (χ3n) is 3.85. The van der Waals surface area contributed by atoms with E-state index in [1.54, 1.807) is 36.0 Å². The van der Waals surface area contributed by atoms with E-state index in [0.29, 0.717) is 35.0 Å². The van der Waals surface area contributed by atoms with Gasteiger partial charge >= 0.3 is 0 Å². The van der Waals surface area contributed by atoms with Crippen molar-refractivity contribution in [2.24, 2.45) is 4.99 Å². The highest BCUT2D eigenvalue weighted by molar-refractivity contribution is 8.14. The highest BCUT2D eigenvalue weighted by atomic mass is 32.2. The van der Waals surface area contributed by atoms with E-state index in [1.807, 2.05) is 6.26 Å². The van der Waals surface area contributed by atoms with Gasteiger partial charge in [-0.15, -0.1) is 0 Å². The Kier molecular flexibility index (Phi) is 5.25. The summed E-state index contributed by atoms with van der Waals surface area (Å²) in [5.41, 5.74) is 0.717. The van der Waals surface area contributed by atoms with Gasteiger partial charge in [-0.05, 0) is 30.6 Å². The molecule has 2 heterocycles. The molecule has 126 valence electrons. The molecule has 0 aromatic heterocycles. The van der Waals surface area contributed by atoms with Gasteiger partial charge < -0.3 is 5.32 Å². The normalized spacial score (nSPS) is 17.7. The van der Waals surface area contributed by atoms with Crippen molar-refractivity contribution >= 4 is 46.4 Å². The Morgan fingerprint density at radius 2 is 2.00 bits per heavy atom. The fourth-order valence-corrected chi connectivity index (χ4v) is 3.89. The number of hydrogen-bond donors (Lipinski definition) is 1. The number of amides is 3. The number of nitrogens with zero attached hydrogens (tertiary/aromatic N) is 2. The largest absolute Gasteiger partial charge is 0.304 e. The van der Waals surface area contributed by atoms with Gasteiger partial charge in [-0.2, -0.15) is 11.8 Å². The van der Waals surface area contributed by atoms with Crippen molar-refractivity contribution in [1.82, 2.24) is 10.2 Å². The van der Waals surface area contributed by atoms with E-state index in [-0.39, 0.29) is 5.91 Å². The SMILES string of the molecule is CSCC[C@H](C(=O)NC1=NCCS1)N1C(=O)c2ccccc2C1=O. The van der Waals surface area contributed by atoms with E-state index in [0.717, 1.165) is 10.7 Å². The average Bonchev–Trinajstić information content (AvgIpc) is 3.18. The van der Waals surface area contributed by atoms with Gasteiger partial charge in [-0.1, -0.05) is 23.9 Å². The molecule has 1 N–H and O–H groups in total. The highest BCUT2D eigenvalue weighted by Crippen LogP contribution is 2.26. The summed E-state index contributed by atoms with van der Waals surface area (Å²) in [6, 6.07) is 5.85. The number of imide groups is 1. The van der Waals surface area contributed by atoms with Crippen LogP contribution >= 0.6 is 23.5 Å². The minimum Gasteiger partial charge on any atom is -0.304 e. The summed E-state index contributed by atoms with van der Waals surface area (Å²) in [7, 11) is 0. The molecule has 0 unspecified atom stereocenters. The van der Waals surface area contributed by atoms with Crippen LogP contribution < -0.4 is 5.32 Å². The maximum Gasteiger partial charge on any atom is 0.262 e. The van der Waals surface area contributed by atoms with Gasteiger partial charge in [0.25, 0.3) is 11.8 Å². The van der Waals surface area contributed by atoms with Gasteiger partial charge in [0.2, 0.25) is 5.91 Å². The standard InChI is InChI=1S/C16H17N3O3S2/c1-23-8-6-12(13(20)18-16-17-7-9-24-16)19-14(21)10-4-2-3-5-11(10)15(19)22/h2-5,12H,6-9H2,1H3,(H,17,18,20)/t12-/m1/s1. The number of hydrogen-bond acceptors (Lipinski definition) is 6. The fourth-order valence-electron chi connectivity index (χ4n) is 2.70. The van der Waals surface area contributed by atoms with Crippen LogP contribution in [-0.4, -0.2) is 58.1 Å². The Balaban J connectivity index is 1.85. The van der Waals surface area contributed by atoms with Crippen LogP contribution in [0.4, 0.5) is 0 Å². The van der Waals surface area contributed by atoms with Crippen molar-refractivity contribution < 1.29 is 14.4 Å². The predicted octanol–water partition coefficient (Wildman–Crippen LogP) is 1.62. The molecule has 1 aromatic rings. The molecule has 0 radical (unpaired) electrons. The maximum atomic E-state index is 12.7. The molecular formula is C16H17N3O3S2. The molecule has 6 nitrogen and oxygen atoms in total. The van der Waals surface area contributed by atoms with Crippen molar-refractivity contribution in [2.45, 2.75) is 12.5 Å². The van der Waals surface area contributed by atoms with Crippen LogP contribution in [0.3, 0.4) is 0 Å². The molecule has 0 fully saturated rings. The van der Waals surface area contributed by atoms with Gasteiger partial charge in [0.05, 0.1) is 17.7 Å². The van der Waals surface area contributed by atoms with Gasteiger partial charge in [-0.25, -0.2) is 0 Å². The number of nitrogens with one attached hydrogen (secondary N) is 1. The van der Waals surface area contributed by atoms with Crippen molar-refractivity contribution in [1.29, 1.82) is 0 Å². The first-order valence-electron chi connectivity index (χ1n) is 7.57. The van der Waals surface area contributed by atoms with Crippen molar-refractivity contribution in [2.75, 3.05) is 24.3 Å². The number of amidine groups is 1. The minimum absolute atomic E-state index is 0.355. The molecule has 24 heavy (non-hydrogen) atoms. The second-order valence-corrected chi connectivity index (χ2v) is 7.42. The zero-order valence-corrected chi connectivity index (χ0v) is 14.8. The first-order chi connectivity index (χ1) is 11.6. The fraction of sp³-hybridized carbons (Fsp3) is 0.375. The molecule has 1 aromatic carbocycles. The summed E-state index contributed by atoms with van der Waals surface area (Å²) < 4.78 is 0.